The third-order valence-corrected chi connectivity index (χ3v) is 3.36. The van der Waals surface area contributed by atoms with Gasteiger partial charge in [-0.05, 0) is 37.0 Å². The van der Waals surface area contributed by atoms with E-state index in [1.807, 2.05) is 13.0 Å². The molecule has 1 aromatic rings. The first-order valence-corrected chi connectivity index (χ1v) is 7.59. The summed E-state index contributed by atoms with van der Waals surface area (Å²) < 4.78 is 5.19. The first-order valence-electron chi connectivity index (χ1n) is 7.22. The van der Waals surface area contributed by atoms with Gasteiger partial charge in [-0.1, -0.05) is 31.5 Å². The van der Waals surface area contributed by atoms with E-state index in [1.165, 1.54) is 5.56 Å². The SMILES string of the molecule is COCCN(CC(C)C)c1ccc(CC(C)N)cc1Cl. The Morgan fingerprint density at radius 3 is 2.50 bits per heavy atom. The summed E-state index contributed by atoms with van der Waals surface area (Å²) in [6.07, 6.45) is 0.849. The normalized spacial score (nSPS) is 12.8. The van der Waals surface area contributed by atoms with Gasteiger partial charge in [-0.15, -0.1) is 0 Å². The first kappa shape index (κ1) is 17.3. The zero-order valence-corrected chi connectivity index (χ0v) is 13.8. The molecule has 0 fully saturated rings. The molecule has 0 radical (unpaired) electrons. The van der Waals surface area contributed by atoms with Gasteiger partial charge in [-0.25, -0.2) is 0 Å². The maximum atomic E-state index is 6.45. The number of ether oxygens (including phenoxy) is 1. The number of nitrogens with two attached hydrogens (primary N) is 1. The minimum Gasteiger partial charge on any atom is -0.383 e. The Balaban J connectivity index is 2.89. The highest BCUT2D eigenvalue weighted by atomic mass is 35.5. The molecular weight excluding hydrogens is 272 g/mol. The van der Waals surface area contributed by atoms with Gasteiger partial charge in [0.25, 0.3) is 0 Å². The molecule has 0 spiro atoms. The Morgan fingerprint density at radius 1 is 1.30 bits per heavy atom. The van der Waals surface area contributed by atoms with Gasteiger partial charge in [-0.2, -0.15) is 0 Å². The zero-order chi connectivity index (χ0) is 15.1. The van der Waals surface area contributed by atoms with Crippen molar-refractivity contribution < 1.29 is 4.74 Å². The predicted molar refractivity (Wildman–Crippen MR) is 87.7 cm³/mol. The van der Waals surface area contributed by atoms with Crippen molar-refractivity contribution in [2.75, 3.05) is 31.7 Å². The van der Waals surface area contributed by atoms with Crippen LogP contribution in [-0.2, 0) is 11.2 Å². The number of hydrogen-bond donors (Lipinski definition) is 1. The van der Waals surface area contributed by atoms with Crippen molar-refractivity contribution in [2.45, 2.75) is 33.2 Å². The zero-order valence-electron chi connectivity index (χ0n) is 13.0. The standard InChI is InChI=1S/C16H27ClN2O/c1-12(2)11-19(7-8-20-4)16-6-5-14(9-13(3)18)10-15(16)17/h5-6,10,12-13H,7-9,11,18H2,1-4H3. The summed E-state index contributed by atoms with van der Waals surface area (Å²) in [7, 11) is 1.72. The van der Waals surface area contributed by atoms with Crippen LogP contribution in [-0.4, -0.2) is 32.8 Å². The van der Waals surface area contributed by atoms with E-state index in [1.54, 1.807) is 7.11 Å². The second-order valence-electron chi connectivity index (χ2n) is 5.80. The van der Waals surface area contributed by atoms with Crippen LogP contribution in [0.15, 0.2) is 18.2 Å². The van der Waals surface area contributed by atoms with Crippen molar-refractivity contribution in [2.24, 2.45) is 11.7 Å². The van der Waals surface area contributed by atoms with E-state index in [-0.39, 0.29) is 6.04 Å². The van der Waals surface area contributed by atoms with E-state index in [0.717, 1.165) is 30.2 Å². The van der Waals surface area contributed by atoms with Gasteiger partial charge in [0, 0.05) is 26.2 Å². The Bertz CT molecular complexity index is 407. The molecular formula is C16H27ClN2O. The summed E-state index contributed by atoms with van der Waals surface area (Å²) in [5, 5.41) is 0.792. The first-order chi connectivity index (χ1) is 9.43. The predicted octanol–water partition coefficient (Wildman–Crippen LogP) is 3.34. The van der Waals surface area contributed by atoms with E-state index in [2.05, 4.69) is 30.9 Å². The monoisotopic (exact) mass is 298 g/mol. The fraction of sp³-hybridized carbons (Fsp3) is 0.625. The number of halogens is 1. The van der Waals surface area contributed by atoms with Crippen molar-refractivity contribution >= 4 is 17.3 Å². The van der Waals surface area contributed by atoms with Crippen molar-refractivity contribution in [3.05, 3.63) is 28.8 Å². The molecule has 2 N–H and O–H groups in total. The highest BCUT2D eigenvalue weighted by Gasteiger charge is 2.12. The summed E-state index contributed by atoms with van der Waals surface area (Å²) >= 11 is 6.45. The van der Waals surface area contributed by atoms with Crippen molar-refractivity contribution in [3.63, 3.8) is 0 Å². The van der Waals surface area contributed by atoms with Crippen LogP contribution in [0.25, 0.3) is 0 Å². The summed E-state index contributed by atoms with van der Waals surface area (Å²) in [6.45, 7) is 8.93. The maximum Gasteiger partial charge on any atom is 0.0642 e. The molecule has 0 bridgehead atoms. The molecule has 0 aromatic heterocycles. The average Bonchev–Trinajstić information content (AvgIpc) is 2.33. The van der Waals surface area contributed by atoms with E-state index in [0.29, 0.717) is 12.5 Å². The maximum absolute atomic E-state index is 6.45. The van der Waals surface area contributed by atoms with Crippen molar-refractivity contribution in [1.29, 1.82) is 0 Å². The summed E-state index contributed by atoms with van der Waals surface area (Å²) in [5.41, 5.74) is 8.09. The highest BCUT2D eigenvalue weighted by molar-refractivity contribution is 6.33. The summed E-state index contributed by atoms with van der Waals surface area (Å²) in [4.78, 5) is 2.28. The van der Waals surface area contributed by atoms with Gasteiger partial charge >= 0.3 is 0 Å². The van der Waals surface area contributed by atoms with Gasteiger partial charge in [0.05, 0.1) is 17.3 Å². The van der Waals surface area contributed by atoms with E-state index >= 15 is 0 Å². The molecule has 0 aliphatic heterocycles. The second kappa shape index (κ2) is 8.50. The lowest BCUT2D eigenvalue weighted by Gasteiger charge is -2.27. The van der Waals surface area contributed by atoms with Gasteiger partial charge in [0.2, 0.25) is 0 Å². The largest absolute Gasteiger partial charge is 0.383 e. The minimum atomic E-state index is 0.150. The second-order valence-corrected chi connectivity index (χ2v) is 6.21. The lowest BCUT2D eigenvalue weighted by atomic mass is 10.1. The van der Waals surface area contributed by atoms with E-state index < -0.39 is 0 Å². The van der Waals surface area contributed by atoms with Gasteiger partial charge < -0.3 is 15.4 Å². The van der Waals surface area contributed by atoms with Crippen LogP contribution < -0.4 is 10.6 Å². The third kappa shape index (κ3) is 5.70. The molecule has 1 rings (SSSR count). The van der Waals surface area contributed by atoms with Crippen molar-refractivity contribution in [3.8, 4) is 0 Å². The summed E-state index contributed by atoms with van der Waals surface area (Å²) in [6, 6.07) is 6.39. The molecule has 1 aromatic carbocycles. The lowest BCUT2D eigenvalue weighted by Crippen LogP contribution is -2.31. The molecule has 0 amide bonds. The number of nitrogens with zero attached hydrogens (tertiary/aromatic N) is 1. The average molecular weight is 299 g/mol. The fourth-order valence-electron chi connectivity index (χ4n) is 2.26. The third-order valence-electron chi connectivity index (χ3n) is 3.06. The Labute approximate surface area is 128 Å². The molecule has 0 saturated heterocycles. The van der Waals surface area contributed by atoms with Crippen LogP contribution >= 0.6 is 11.6 Å². The van der Waals surface area contributed by atoms with Gasteiger partial charge in [0.15, 0.2) is 0 Å². The smallest absolute Gasteiger partial charge is 0.0642 e. The fourth-order valence-corrected chi connectivity index (χ4v) is 2.58. The topological polar surface area (TPSA) is 38.5 Å². The number of anilines is 1. The highest BCUT2D eigenvalue weighted by Crippen LogP contribution is 2.28. The van der Waals surface area contributed by atoms with Crippen LogP contribution in [0.2, 0.25) is 5.02 Å². The number of benzene rings is 1. The molecule has 1 atom stereocenters. The molecule has 0 aliphatic rings. The molecule has 114 valence electrons. The van der Waals surface area contributed by atoms with Gasteiger partial charge in [0.1, 0.15) is 0 Å². The van der Waals surface area contributed by atoms with E-state index in [9.17, 15) is 0 Å². The Kier molecular flexibility index (Phi) is 7.35. The number of rotatable bonds is 8. The molecule has 4 heteroatoms. The summed E-state index contributed by atoms with van der Waals surface area (Å²) in [5.74, 6) is 0.576. The Hall–Kier alpha value is -0.770. The molecule has 0 heterocycles. The van der Waals surface area contributed by atoms with Crippen LogP contribution in [0, 0.1) is 5.92 Å². The van der Waals surface area contributed by atoms with Gasteiger partial charge in [-0.3, -0.25) is 0 Å². The lowest BCUT2D eigenvalue weighted by molar-refractivity contribution is 0.204. The number of hydrogen-bond acceptors (Lipinski definition) is 3. The van der Waals surface area contributed by atoms with Crippen LogP contribution in [0.3, 0.4) is 0 Å². The molecule has 1 unspecified atom stereocenters. The van der Waals surface area contributed by atoms with Crippen LogP contribution in [0.4, 0.5) is 5.69 Å². The van der Waals surface area contributed by atoms with E-state index in [4.69, 9.17) is 22.1 Å². The van der Waals surface area contributed by atoms with Crippen LogP contribution in [0.5, 0.6) is 0 Å². The molecule has 0 saturated carbocycles. The number of methoxy groups -OCH3 is 1. The minimum absolute atomic E-state index is 0.150. The van der Waals surface area contributed by atoms with Crippen LogP contribution in [0.1, 0.15) is 26.3 Å². The molecule has 0 aliphatic carbocycles. The Morgan fingerprint density at radius 2 is 2.00 bits per heavy atom. The molecule has 20 heavy (non-hydrogen) atoms. The molecule has 3 nitrogen and oxygen atoms in total. The quantitative estimate of drug-likeness (QED) is 0.800. The van der Waals surface area contributed by atoms with Crippen molar-refractivity contribution in [1.82, 2.24) is 0 Å².